The van der Waals surface area contributed by atoms with Crippen LogP contribution in [0.25, 0.3) is 0 Å². The van der Waals surface area contributed by atoms with Gasteiger partial charge >= 0.3 is 0 Å². The molecule has 120 valence electrons. The first kappa shape index (κ1) is 18.0. The summed E-state index contributed by atoms with van der Waals surface area (Å²) in [7, 11) is 0. The van der Waals surface area contributed by atoms with Gasteiger partial charge in [-0.25, -0.2) is 0 Å². The van der Waals surface area contributed by atoms with Crippen molar-refractivity contribution < 1.29 is 4.74 Å². The van der Waals surface area contributed by atoms with Crippen LogP contribution in [0.4, 0.5) is 0 Å². The molecule has 1 rings (SSSR count). The summed E-state index contributed by atoms with van der Waals surface area (Å²) in [5, 5.41) is 3.48. The Morgan fingerprint density at radius 2 is 1.62 bits per heavy atom. The van der Waals surface area contributed by atoms with E-state index in [1.165, 1.54) is 5.56 Å². The molecule has 0 radical (unpaired) electrons. The normalized spacial score (nSPS) is 12.8. The third kappa shape index (κ3) is 6.09. The highest BCUT2D eigenvalue weighted by Gasteiger charge is 2.20. The molecule has 0 amide bonds. The Balaban J connectivity index is 2.56. The second-order valence-corrected chi connectivity index (χ2v) is 7.75. The van der Waals surface area contributed by atoms with Gasteiger partial charge in [-0.15, -0.1) is 0 Å². The molecule has 2 nitrogen and oxygen atoms in total. The molecule has 0 heterocycles. The van der Waals surface area contributed by atoms with Crippen LogP contribution in [0.5, 0.6) is 5.75 Å². The van der Waals surface area contributed by atoms with Crippen molar-refractivity contribution in [3.8, 4) is 5.75 Å². The van der Waals surface area contributed by atoms with E-state index >= 15 is 0 Å². The lowest BCUT2D eigenvalue weighted by Crippen LogP contribution is -2.37. The molecule has 1 N–H and O–H groups in total. The fraction of sp³-hybridized carbons (Fsp3) is 0.684. The fourth-order valence-electron chi connectivity index (χ4n) is 2.02. The van der Waals surface area contributed by atoms with E-state index in [0.29, 0.717) is 6.04 Å². The molecular formula is C19H33NO. The Labute approximate surface area is 131 Å². The molecule has 0 atom stereocenters. The molecule has 0 aliphatic carbocycles. The third-order valence-corrected chi connectivity index (χ3v) is 4.14. The van der Waals surface area contributed by atoms with Gasteiger partial charge in [-0.2, -0.15) is 0 Å². The van der Waals surface area contributed by atoms with Crippen LogP contribution < -0.4 is 10.1 Å². The summed E-state index contributed by atoms with van der Waals surface area (Å²) in [6, 6.07) is 9.09. The molecule has 0 saturated carbocycles. The lowest BCUT2D eigenvalue weighted by molar-refractivity contribution is 0.173. The van der Waals surface area contributed by atoms with E-state index in [1.54, 1.807) is 0 Å². The Morgan fingerprint density at radius 3 is 2.10 bits per heavy atom. The van der Waals surface area contributed by atoms with Crippen molar-refractivity contribution in [1.82, 2.24) is 5.32 Å². The highest BCUT2D eigenvalue weighted by atomic mass is 16.5. The first-order valence-electron chi connectivity index (χ1n) is 8.13. The largest absolute Gasteiger partial charge is 0.493 e. The van der Waals surface area contributed by atoms with E-state index in [2.05, 4.69) is 78.0 Å². The highest BCUT2D eigenvalue weighted by molar-refractivity contribution is 5.31. The van der Waals surface area contributed by atoms with Gasteiger partial charge in [0.05, 0.1) is 6.61 Å². The lowest BCUT2D eigenvalue weighted by atomic mass is 9.82. The number of ether oxygens (including phenoxy) is 1. The quantitative estimate of drug-likeness (QED) is 0.744. The van der Waals surface area contributed by atoms with Crippen molar-refractivity contribution in [3.63, 3.8) is 0 Å². The SMILES string of the molecule is CCC(C)(C)c1ccc(OCC(C)(C)CNC(C)C)cc1. The van der Waals surface area contributed by atoms with E-state index in [9.17, 15) is 0 Å². The van der Waals surface area contributed by atoms with Gasteiger partial charge in [-0.3, -0.25) is 0 Å². The van der Waals surface area contributed by atoms with Crippen LogP contribution >= 0.6 is 0 Å². The number of benzene rings is 1. The van der Waals surface area contributed by atoms with Crippen LogP contribution in [0.3, 0.4) is 0 Å². The summed E-state index contributed by atoms with van der Waals surface area (Å²) in [5.41, 5.74) is 1.74. The molecular weight excluding hydrogens is 258 g/mol. The maximum atomic E-state index is 5.96. The molecule has 0 saturated heterocycles. The van der Waals surface area contributed by atoms with Gasteiger partial charge in [0.1, 0.15) is 5.75 Å². The fourth-order valence-corrected chi connectivity index (χ4v) is 2.02. The molecule has 1 aromatic rings. The number of rotatable bonds is 8. The predicted octanol–water partition coefficient (Wildman–Crippen LogP) is 4.78. The topological polar surface area (TPSA) is 21.3 Å². The Morgan fingerprint density at radius 1 is 1.05 bits per heavy atom. The minimum absolute atomic E-state index is 0.131. The van der Waals surface area contributed by atoms with Crippen molar-refractivity contribution >= 4 is 0 Å². The second kappa shape index (κ2) is 7.31. The van der Waals surface area contributed by atoms with Crippen LogP contribution in [0, 0.1) is 5.41 Å². The molecule has 0 fully saturated rings. The van der Waals surface area contributed by atoms with Gasteiger partial charge in [-0.1, -0.05) is 60.6 Å². The van der Waals surface area contributed by atoms with Gasteiger partial charge in [0.25, 0.3) is 0 Å². The van der Waals surface area contributed by atoms with Gasteiger partial charge in [0.2, 0.25) is 0 Å². The molecule has 0 aromatic heterocycles. The molecule has 1 aromatic carbocycles. The summed E-state index contributed by atoms with van der Waals surface area (Å²) in [6.45, 7) is 17.3. The zero-order valence-electron chi connectivity index (χ0n) is 14.9. The summed E-state index contributed by atoms with van der Waals surface area (Å²) in [5.74, 6) is 0.961. The van der Waals surface area contributed by atoms with Crippen molar-refractivity contribution in [1.29, 1.82) is 0 Å². The smallest absolute Gasteiger partial charge is 0.119 e. The zero-order chi connectivity index (χ0) is 16.1. The van der Waals surface area contributed by atoms with Crippen LogP contribution in [0.1, 0.15) is 60.5 Å². The second-order valence-electron chi connectivity index (χ2n) is 7.75. The van der Waals surface area contributed by atoms with Crippen LogP contribution in [-0.2, 0) is 5.41 Å². The average Bonchev–Trinajstić information content (AvgIpc) is 2.44. The Hall–Kier alpha value is -1.02. The summed E-state index contributed by atoms with van der Waals surface area (Å²) >= 11 is 0. The van der Waals surface area contributed by atoms with Crippen molar-refractivity contribution in [2.75, 3.05) is 13.2 Å². The lowest BCUT2D eigenvalue weighted by Gasteiger charge is -2.27. The summed E-state index contributed by atoms with van der Waals surface area (Å²) < 4.78 is 5.96. The Kier molecular flexibility index (Phi) is 6.27. The van der Waals surface area contributed by atoms with Crippen molar-refractivity contribution in [2.45, 2.75) is 66.3 Å². The first-order chi connectivity index (χ1) is 9.66. The molecule has 0 aliphatic heterocycles. The van der Waals surface area contributed by atoms with Crippen LogP contribution in [-0.4, -0.2) is 19.2 Å². The molecule has 0 bridgehead atoms. The molecule has 2 heteroatoms. The average molecular weight is 291 g/mol. The van der Waals surface area contributed by atoms with E-state index in [-0.39, 0.29) is 10.8 Å². The maximum Gasteiger partial charge on any atom is 0.119 e. The number of nitrogens with one attached hydrogen (secondary N) is 1. The molecule has 0 aliphatic rings. The number of hydrogen-bond acceptors (Lipinski definition) is 2. The predicted molar refractivity (Wildman–Crippen MR) is 92.2 cm³/mol. The van der Waals surface area contributed by atoms with Gasteiger partial charge < -0.3 is 10.1 Å². The first-order valence-corrected chi connectivity index (χ1v) is 8.13. The third-order valence-electron chi connectivity index (χ3n) is 4.14. The van der Waals surface area contributed by atoms with Gasteiger partial charge in [0.15, 0.2) is 0 Å². The Bertz CT molecular complexity index is 418. The maximum absolute atomic E-state index is 5.96. The number of hydrogen-bond donors (Lipinski definition) is 1. The van der Waals surface area contributed by atoms with E-state index in [1.807, 2.05) is 0 Å². The monoisotopic (exact) mass is 291 g/mol. The van der Waals surface area contributed by atoms with E-state index < -0.39 is 0 Å². The molecule has 0 spiro atoms. The van der Waals surface area contributed by atoms with E-state index in [4.69, 9.17) is 4.74 Å². The van der Waals surface area contributed by atoms with Crippen LogP contribution in [0.15, 0.2) is 24.3 Å². The molecule has 21 heavy (non-hydrogen) atoms. The van der Waals surface area contributed by atoms with Crippen molar-refractivity contribution in [3.05, 3.63) is 29.8 Å². The van der Waals surface area contributed by atoms with Crippen molar-refractivity contribution in [2.24, 2.45) is 5.41 Å². The summed E-state index contributed by atoms with van der Waals surface area (Å²) in [4.78, 5) is 0. The minimum atomic E-state index is 0.131. The molecule has 0 unspecified atom stereocenters. The highest BCUT2D eigenvalue weighted by Crippen LogP contribution is 2.28. The standard InChI is InChI=1S/C19H33NO/c1-8-19(6,7)16-9-11-17(12-10-16)21-14-18(4,5)13-20-15(2)3/h9-12,15,20H,8,13-14H2,1-7H3. The van der Waals surface area contributed by atoms with Gasteiger partial charge in [-0.05, 0) is 29.5 Å². The zero-order valence-corrected chi connectivity index (χ0v) is 14.9. The minimum Gasteiger partial charge on any atom is -0.493 e. The van der Waals surface area contributed by atoms with Gasteiger partial charge in [0, 0.05) is 18.0 Å². The van der Waals surface area contributed by atoms with Crippen LogP contribution in [0.2, 0.25) is 0 Å². The summed E-state index contributed by atoms with van der Waals surface area (Å²) in [6.07, 6.45) is 1.14. The van der Waals surface area contributed by atoms with E-state index in [0.717, 1.165) is 25.3 Å².